The number of aliphatic hydroxyl groups is 1. The maximum atomic E-state index is 9.13. The third-order valence-corrected chi connectivity index (χ3v) is 2.07. The van der Waals surface area contributed by atoms with Gasteiger partial charge in [-0.25, -0.2) is 0 Å². The van der Waals surface area contributed by atoms with E-state index in [9.17, 15) is 0 Å². The van der Waals surface area contributed by atoms with Crippen LogP contribution in [0.5, 0.6) is 5.75 Å². The van der Waals surface area contributed by atoms with Gasteiger partial charge in [0.15, 0.2) is 0 Å². The van der Waals surface area contributed by atoms with Gasteiger partial charge in [0.05, 0.1) is 6.10 Å². The summed E-state index contributed by atoms with van der Waals surface area (Å²) in [4.78, 5) is 0. The van der Waals surface area contributed by atoms with Crippen LogP contribution < -0.4 is 15.7 Å². The van der Waals surface area contributed by atoms with Gasteiger partial charge < -0.3 is 9.84 Å². The predicted molar refractivity (Wildman–Crippen MR) is 64.7 cm³/mol. The molecule has 0 aliphatic heterocycles. The van der Waals surface area contributed by atoms with Gasteiger partial charge in [0, 0.05) is 0 Å². The number of rotatable bonds is 3. The Balaban J connectivity index is 2.86. The van der Waals surface area contributed by atoms with Crippen LogP contribution in [-0.4, -0.2) is 33.5 Å². The van der Waals surface area contributed by atoms with E-state index in [1.807, 2.05) is 14.8 Å². The van der Waals surface area contributed by atoms with Crippen LogP contribution in [0.4, 0.5) is 0 Å². The number of ether oxygens (including phenoxy) is 1. The van der Waals surface area contributed by atoms with Crippen molar-refractivity contribution in [1.82, 2.24) is 0 Å². The van der Waals surface area contributed by atoms with E-state index in [0.29, 0.717) is 6.61 Å². The van der Waals surface area contributed by atoms with Crippen molar-refractivity contribution in [2.75, 3.05) is 6.61 Å². The summed E-state index contributed by atoms with van der Waals surface area (Å²) in [6, 6.07) is 4.18. The van der Waals surface area contributed by atoms with E-state index in [1.54, 1.807) is 6.92 Å². The van der Waals surface area contributed by atoms with Crippen LogP contribution in [0, 0.1) is 6.92 Å². The zero-order valence-corrected chi connectivity index (χ0v) is 9.29. The van der Waals surface area contributed by atoms with Crippen molar-refractivity contribution in [3.63, 3.8) is 0 Å². The van der Waals surface area contributed by atoms with Crippen molar-refractivity contribution in [1.29, 1.82) is 0 Å². The normalized spacial score (nSPS) is 12.5. The number of aliphatic hydroxyl groups excluding tert-OH is 1. The molecule has 1 N–H and O–H groups in total. The maximum Gasteiger partial charge on any atom is 0.144 e. The van der Waals surface area contributed by atoms with E-state index in [0.717, 1.165) is 16.8 Å². The highest BCUT2D eigenvalue weighted by Gasteiger charge is 2.05. The van der Waals surface area contributed by atoms with Gasteiger partial charge in [-0.1, -0.05) is 17.6 Å². The highest BCUT2D eigenvalue weighted by Crippen LogP contribution is 2.12. The first-order valence-electron chi connectivity index (χ1n) is 4.89. The molecule has 1 atom stereocenters. The first kappa shape index (κ1) is 11.2. The summed E-state index contributed by atoms with van der Waals surface area (Å²) in [5, 5.41) is 9.13. The largest absolute Gasteiger partial charge is 0.491 e. The zero-order valence-electron chi connectivity index (χ0n) is 9.29. The van der Waals surface area contributed by atoms with Gasteiger partial charge in [-0.15, -0.1) is 0 Å². The summed E-state index contributed by atoms with van der Waals surface area (Å²) in [6.07, 6.45) is -0.421. The molecule has 74 valence electrons. The van der Waals surface area contributed by atoms with E-state index in [1.165, 1.54) is 5.46 Å². The van der Waals surface area contributed by atoms with Crippen molar-refractivity contribution in [2.45, 2.75) is 20.0 Å². The van der Waals surface area contributed by atoms with Crippen LogP contribution in [0.2, 0.25) is 0 Å². The predicted octanol–water partition coefficient (Wildman–Crippen LogP) is -1.73. The minimum atomic E-state index is -0.421. The Hall–Kier alpha value is -0.890. The molecule has 0 radical (unpaired) electrons. The fraction of sp³-hybridized carbons (Fsp3) is 0.400. The van der Waals surface area contributed by atoms with E-state index in [-0.39, 0.29) is 0 Å². The maximum absolute atomic E-state index is 9.13. The lowest BCUT2D eigenvalue weighted by molar-refractivity contribution is 0.123. The Morgan fingerprint density at radius 1 is 1.43 bits per heavy atom. The molecule has 0 saturated carbocycles. The molecule has 0 aliphatic rings. The van der Waals surface area contributed by atoms with Crippen molar-refractivity contribution >= 4 is 26.6 Å². The molecule has 14 heavy (non-hydrogen) atoms. The molecule has 0 bridgehead atoms. The van der Waals surface area contributed by atoms with E-state index < -0.39 is 6.10 Å². The van der Waals surface area contributed by atoms with Crippen LogP contribution in [0.3, 0.4) is 0 Å². The fourth-order valence-corrected chi connectivity index (χ4v) is 1.60. The Bertz CT molecular complexity index is 301. The molecule has 2 nitrogen and oxygen atoms in total. The minimum absolute atomic E-state index is 0.352. The lowest BCUT2D eigenvalue weighted by Gasteiger charge is -2.14. The molecule has 0 aliphatic carbocycles. The SMILES string of the molecule is Bc1cc(B)c(OCC(C)O)c(C)c1. The molecule has 0 spiro atoms. The summed E-state index contributed by atoms with van der Waals surface area (Å²) in [5.41, 5.74) is 3.50. The second kappa shape index (κ2) is 4.56. The zero-order chi connectivity index (χ0) is 10.7. The Morgan fingerprint density at radius 2 is 2.07 bits per heavy atom. The summed E-state index contributed by atoms with van der Waals surface area (Å²) >= 11 is 0. The van der Waals surface area contributed by atoms with Gasteiger partial charge in [-0.2, -0.15) is 0 Å². The second-order valence-corrected chi connectivity index (χ2v) is 3.89. The Morgan fingerprint density at radius 3 is 2.57 bits per heavy atom. The lowest BCUT2D eigenvalue weighted by Crippen LogP contribution is -2.21. The topological polar surface area (TPSA) is 29.5 Å². The van der Waals surface area contributed by atoms with Crippen LogP contribution in [0.1, 0.15) is 12.5 Å². The smallest absolute Gasteiger partial charge is 0.144 e. The standard InChI is InChI=1S/C10H16B2O2/c1-6-3-8(11)4-9(12)10(6)14-5-7(2)13/h3-4,7,13H,5,11-12H2,1-2H3. The van der Waals surface area contributed by atoms with Crippen LogP contribution in [0.15, 0.2) is 12.1 Å². The molecular weight excluding hydrogens is 174 g/mol. The molecule has 4 heteroatoms. The monoisotopic (exact) mass is 190 g/mol. The first-order chi connectivity index (χ1) is 6.50. The quantitative estimate of drug-likeness (QED) is 0.574. The van der Waals surface area contributed by atoms with Crippen molar-refractivity contribution in [3.8, 4) is 5.75 Å². The third kappa shape index (κ3) is 2.81. The highest BCUT2D eigenvalue weighted by atomic mass is 16.5. The van der Waals surface area contributed by atoms with E-state index in [2.05, 4.69) is 20.0 Å². The van der Waals surface area contributed by atoms with Gasteiger partial charge in [-0.05, 0) is 24.9 Å². The summed E-state index contributed by atoms with van der Waals surface area (Å²) in [6.45, 7) is 4.10. The number of hydrogen-bond donors (Lipinski definition) is 1. The molecule has 0 aromatic heterocycles. The Kier molecular flexibility index (Phi) is 3.64. The molecule has 0 fully saturated rings. The number of benzene rings is 1. The molecular formula is C10H16B2O2. The van der Waals surface area contributed by atoms with Crippen LogP contribution in [0.25, 0.3) is 0 Å². The molecule has 0 heterocycles. The number of aryl methyl sites for hydroxylation is 1. The summed E-state index contributed by atoms with van der Waals surface area (Å²) in [5.74, 6) is 0.900. The fourth-order valence-electron chi connectivity index (χ4n) is 1.60. The first-order valence-corrected chi connectivity index (χ1v) is 4.89. The molecule has 1 aromatic carbocycles. The lowest BCUT2D eigenvalue weighted by atomic mass is 9.85. The van der Waals surface area contributed by atoms with Crippen molar-refractivity contribution in [2.24, 2.45) is 0 Å². The van der Waals surface area contributed by atoms with Gasteiger partial charge in [0.1, 0.15) is 28.0 Å². The van der Waals surface area contributed by atoms with Gasteiger partial charge in [0.2, 0.25) is 0 Å². The highest BCUT2D eigenvalue weighted by molar-refractivity contribution is 6.39. The summed E-state index contributed by atoms with van der Waals surface area (Å²) < 4.78 is 5.53. The average molecular weight is 190 g/mol. The minimum Gasteiger partial charge on any atom is -0.491 e. The molecule has 1 unspecified atom stereocenters. The third-order valence-electron chi connectivity index (χ3n) is 2.07. The van der Waals surface area contributed by atoms with Gasteiger partial charge in [0.25, 0.3) is 0 Å². The van der Waals surface area contributed by atoms with Crippen molar-refractivity contribution < 1.29 is 9.84 Å². The average Bonchev–Trinajstić information content (AvgIpc) is 2.01. The number of hydrogen-bond acceptors (Lipinski definition) is 2. The van der Waals surface area contributed by atoms with E-state index in [4.69, 9.17) is 9.84 Å². The van der Waals surface area contributed by atoms with Crippen LogP contribution in [-0.2, 0) is 0 Å². The molecule has 0 amide bonds. The molecule has 1 rings (SSSR count). The molecule has 0 saturated heterocycles. The van der Waals surface area contributed by atoms with Gasteiger partial charge >= 0.3 is 0 Å². The Labute approximate surface area is 87.1 Å². The van der Waals surface area contributed by atoms with Crippen LogP contribution >= 0.6 is 0 Å². The van der Waals surface area contributed by atoms with E-state index >= 15 is 0 Å². The second-order valence-electron chi connectivity index (χ2n) is 3.89. The molecule has 1 aromatic rings. The van der Waals surface area contributed by atoms with Crippen molar-refractivity contribution in [3.05, 3.63) is 17.7 Å². The van der Waals surface area contributed by atoms with Gasteiger partial charge in [-0.3, -0.25) is 0 Å². The summed E-state index contributed by atoms with van der Waals surface area (Å²) in [7, 11) is 4.09.